The maximum Gasteiger partial charge on any atom is 0.125 e. The summed E-state index contributed by atoms with van der Waals surface area (Å²) in [6.45, 7) is 7.48. The third kappa shape index (κ3) is 3.78. The Balaban J connectivity index is 2.55. The zero-order chi connectivity index (χ0) is 9.90. The van der Waals surface area contributed by atoms with Crippen LogP contribution in [0.4, 0.5) is 11.5 Å². The fraction of sp³-hybridized carbons (Fsp3) is 0.500. The molecule has 3 heteroatoms. The second-order valence-corrected chi connectivity index (χ2v) is 4.38. The molecule has 0 aliphatic heterocycles. The standard InChI is InChI=1S/C10H17N3/c1-10(2,3)7-13-8-4-5-12-9(11)6-8/h4-6H,7H2,1-3H3,(H3,11,12,13). The lowest BCUT2D eigenvalue weighted by Gasteiger charge is -2.19. The number of aromatic nitrogens is 1. The van der Waals surface area contributed by atoms with Gasteiger partial charge >= 0.3 is 0 Å². The van der Waals surface area contributed by atoms with E-state index in [0.29, 0.717) is 5.82 Å². The molecule has 0 bridgehead atoms. The fourth-order valence-corrected chi connectivity index (χ4v) is 0.926. The number of rotatable bonds is 2. The lowest BCUT2D eigenvalue weighted by molar-refractivity contribution is 0.443. The summed E-state index contributed by atoms with van der Waals surface area (Å²) < 4.78 is 0. The van der Waals surface area contributed by atoms with Gasteiger partial charge in [0.2, 0.25) is 0 Å². The van der Waals surface area contributed by atoms with Crippen molar-refractivity contribution in [2.45, 2.75) is 20.8 Å². The molecule has 1 heterocycles. The van der Waals surface area contributed by atoms with Crippen LogP contribution in [0.2, 0.25) is 0 Å². The van der Waals surface area contributed by atoms with Crippen LogP contribution in [0.15, 0.2) is 18.3 Å². The highest BCUT2D eigenvalue weighted by Crippen LogP contribution is 2.15. The lowest BCUT2D eigenvalue weighted by Crippen LogP contribution is -2.19. The van der Waals surface area contributed by atoms with Crippen molar-refractivity contribution in [2.75, 3.05) is 17.6 Å². The summed E-state index contributed by atoms with van der Waals surface area (Å²) in [6.07, 6.45) is 1.71. The average molecular weight is 179 g/mol. The summed E-state index contributed by atoms with van der Waals surface area (Å²) in [5, 5.41) is 3.31. The molecule has 0 aliphatic carbocycles. The molecule has 0 radical (unpaired) electrons. The van der Waals surface area contributed by atoms with Gasteiger partial charge in [-0.25, -0.2) is 4.98 Å². The van der Waals surface area contributed by atoms with Crippen LogP contribution in [0.5, 0.6) is 0 Å². The molecule has 1 rings (SSSR count). The molecular weight excluding hydrogens is 162 g/mol. The van der Waals surface area contributed by atoms with Gasteiger partial charge in [-0.2, -0.15) is 0 Å². The van der Waals surface area contributed by atoms with E-state index >= 15 is 0 Å². The van der Waals surface area contributed by atoms with E-state index in [4.69, 9.17) is 5.73 Å². The van der Waals surface area contributed by atoms with Crippen LogP contribution in [-0.2, 0) is 0 Å². The minimum absolute atomic E-state index is 0.276. The number of hydrogen-bond acceptors (Lipinski definition) is 3. The van der Waals surface area contributed by atoms with Gasteiger partial charge in [-0.05, 0) is 11.5 Å². The van der Waals surface area contributed by atoms with E-state index in [1.54, 1.807) is 6.20 Å². The number of nitrogen functional groups attached to an aromatic ring is 1. The maximum absolute atomic E-state index is 5.55. The Morgan fingerprint density at radius 2 is 2.15 bits per heavy atom. The van der Waals surface area contributed by atoms with E-state index in [-0.39, 0.29) is 5.41 Å². The first-order valence-electron chi connectivity index (χ1n) is 4.43. The van der Waals surface area contributed by atoms with Crippen LogP contribution < -0.4 is 11.1 Å². The van der Waals surface area contributed by atoms with Crippen molar-refractivity contribution in [3.8, 4) is 0 Å². The highest BCUT2D eigenvalue weighted by molar-refractivity contribution is 5.49. The zero-order valence-electron chi connectivity index (χ0n) is 8.46. The third-order valence-electron chi connectivity index (χ3n) is 1.60. The molecule has 1 aromatic rings. The number of hydrogen-bond donors (Lipinski definition) is 2. The topological polar surface area (TPSA) is 50.9 Å². The van der Waals surface area contributed by atoms with Crippen LogP contribution in [0.3, 0.4) is 0 Å². The molecule has 0 aliphatic rings. The first kappa shape index (κ1) is 9.84. The molecule has 0 saturated carbocycles. The smallest absolute Gasteiger partial charge is 0.125 e. The Kier molecular flexibility index (Phi) is 2.76. The number of nitrogens with two attached hydrogens (primary N) is 1. The molecular formula is C10H17N3. The number of nitrogens with one attached hydrogen (secondary N) is 1. The van der Waals surface area contributed by atoms with Crippen molar-refractivity contribution in [2.24, 2.45) is 5.41 Å². The summed E-state index contributed by atoms with van der Waals surface area (Å²) >= 11 is 0. The molecule has 0 saturated heterocycles. The molecule has 0 spiro atoms. The predicted octanol–water partition coefficient (Wildman–Crippen LogP) is 2.12. The molecule has 72 valence electrons. The van der Waals surface area contributed by atoms with E-state index in [2.05, 4.69) is 31.1 Å². The van der Waals surface area contributed by atoms with Gasteiger partial charge in [0.15, 0.2) is 0 Å². The molecule has 0 aromatic carbocycles. The summed E-state index contributed by atoms with van der Waals surface area (Å²) in [4.78, 5) is 3.92. The molecule has 1 aromatic heterocycles. The van der Waals surface area contributed by atoms with Crippen molar-refractivity contribution in [3.63, 3.8) is 0 Å². The molecule has 0 amide bonds. The molecule has 3 N–H and O–H groups in total. The Hall–Kier alpha value is -1.25. The first-order valence-corrected chi connectivity index (χ1v) is 4.43. The van der Waals surface area contributed by atoms with E-state index in [1.807, 2.05) is 12.1 Å². The van der Waals surface area contributed by atoms with Crippen molar-refractivity contribution in [3.05, 3.63) is 18.3 Å². The quantitative estimate of drug-likeness (QED) is 0.731. The van der Waals surface area contributed by atoms with Gasteiger partial charge in [0.25, 0.3) is 0 Å². The Morgan fingerprint density at radius 3 is 2.69 bits per heavy atom. The largest absolute Gasteiger partial charge is 0.384 e. The molecule has 0 atom stereocenters. The number of anilines is 2. The normalized spacial score (nSPS) is 11.3. The van der Waals surface area contributed by atoms with Gasteiger partial charge in [-0.3, -0.25) is 0 Å². The third-order valence-corrected chi connectivity index (χ3v) is 1.60. The second-order valence-electron chi connectivity index (χ2n) is 4.38. The predicted molar refractivity (Wildman–Crippen MR) is 56.6 cm³/mol. The Morgan fingerprint density at radius 1 is 1.46 bits per heavy atom. The monoisotopic (exact) mass is 179 g/mol. The second kappa shape index (κ2) is 3.64. The molecule has 0 unspecified atom stereocenters. The fourth-order valence-electron chi connectivity index (χ4n) is 0.926. The van der Waals surface area contributed by atoms with Crippen LogP contribution in [-0.4, -0.2) is 11.5 Å². The number of pyridine rings is 1. The summed E-state index contributed by atoms with van der Waals surface area (Å²) in [5.74, 6) is 0.555. The summed E-state index contributed by atoms with van der Waals surface area (Å²) in [7, 11) is 0. The minimum Gasteiger partial charge on any atom is -0.384 e. The SMILES string of the molecule is CC(C)(C)CNc1ccnc(N)c1. The highest BCUT2D eigenvalue weighted by atomic mass is 14.9. The van der Waals surface area contributed by atoms with Crippen LogP contribution >= 0.6 is 0 Å². The highest BCUT2D eigenvalue weighted by Gasteiger charge is 2.08. The van der Waals surface area contributed by atoms with E-state index in [9.17, 15) is 0 Å². The van der Waals surface area contributed by atoms with Crippen molar-refractivity contribution in [1.29, 1.82) is 0 Å². The molecule has 0 fully saturated rings. The van der Waals surface area contributed by atoms with E-state index in [1.165, 1.54) is 0 Å². The van der Waals surface area contributed by atoms with Crippen LogP contribution in [0, 0.1) is 5.41 Å². The van der Waals surface area contributed by atoms with Gasteiger partial charge in [-0.15, -0.1) is 0 Å². The average Bonchev–Trinajstić information content (AvgIpc) is 2.00. The van der Waals surface area contributed by atoms with E-state index in [0.717, 1.165) is 12.2 Å². The van der Waals surface area contributed by atoms with Crippen molar-refractivity contribution in [1.82, 2.24) is 4.98 Å². The van der Waals surface area contributed by atoms with Gasteiger partial charge in [-0.1, -0.05) is 20.8 Å². The Bertz CT molecular complexity index is 276. The molecule has 3 nitrogen and oxygen atoms in total. The van der Waals surface area contributed by atoms with Gasteiger partial charge in [0, 0.05) is 24.5 Å². The van der Waals surface area contributed by atoms with Crippen LogP contribution in [0.1, 0.15) is 20.8 Å². The maximum atomic E-state index is 5.55. The van der Waals surface area contributed by atoms with Gasteiger partial charge in [0.1, 0.15) is 5.82 Å². The lowest BCUT2D eigenvalue weighted by atomic mass is 9.97. The number of nitrogens with zero attached hydrogens (tertiary/aromatic N) is 1. The van der Waals surface area contributed by atoms with Crippen LogP contribution in [0.25, 0.3) is 0 Å². The van der Waals surface area contributed by atoms with Crippen molar-refractivity contribution >= 4 is 11.5 Å². The Labute approximate surface area is 79.4 Å². The molecule has 13 heavy (non-hydrogen) atoms. The summed E-state index contributed by atoms with van der Waals surface area (Å²) in [6, 6.07) is 3.76. The zero-order valence-corrected chi connectivity index (χ0v) is 8.46. The van der Waals surface area contributed by atoms with Gasteiger partial charge in [0.05, 0.1) is 0 Å². The first-order chi connectivity index (χ1) is 5.97. The minimum atomic E-state index is 0.276. The van der Waals surface area contributed by atoms with Crippen molar-refractivity contribution < 1.29 is 0 Å². The van der Waals surface area contributed by atoms with Gasteiger partial charge < -0.3 is 11.1 Å². The summed E-state index contributed by atoms with van der Waals surface area (Å²) in [5.41, 5.74) is 6.85. The van der Waals surface area contributed by atoms with E-state index < -0.39 is 0 Å².